The van der Waals surface area contributed by atoms with Crippen molar-refractivity contribution < 1.29 is 9.53 Å². The zero-order valence-electron chi connectivity index (χ0n) is 5.31. The molecule has 0 aromatic carbocycles. The van der Waals surface area contributed by atoms with Gasteiger partial charge in [-0.05, 0) is 5.92 Å². The third-order valence-corrected chi connectivity index (χ3v) is 0.578. The fourth-order valence-corrected chi connectivity index (χ4v) is 0.260. The number of hydrogen-bond donors (Lipinski definition) is 0. The predicted molar refractivity (Wildman–Crippen MR) is 31.2 cm³/mol. The van der Waals surface area contributed by atoms with E-state index in [4.69, 9.17) is 0 Å². The Labute approximate surface area is 49.8 Å². The van der Waals surface area contributed by atoms with Gasteiger partial charge in [-0.3, -0.25) is 4.79 Å². The van der Waals surface area contributed by atoms with Crippen molar-refractivity contribution in [2.24, 2.45) is 5.92 Å². The van der Waals surface area contributed by atoms with E-state index in [-0.39, 0.29) is 0 Å². The first kappa shape index (κ1) is 7.47. The second kappa shape index (κ2) is 3.47. The summed E-state index contributed by atoms with van der Waals surface area (Å²) in [4.78, 5) is 10.0. The van der Waals surface area contributed by atoms with Crippen molar-refractivity contribution in [3.63, 3.8) is 0 Å². The van der Waals surface area contributed by atoms with Crippen molar-refractivity contribution in [1.82, 2.24) is 0 Å². The highest BCUT2D eigenvalue weighted by atomic mass is 16.5. The third kappa shape index (κ3) is 5.47. The minimum absolute atomic E-state index is 0.403. The Morgan fingerprint density at radius 2 is 2.25 bits per heavy atom. The van der Waals surface area contributed by atoms with E-state index in [1.807, 2.05) is 13.8 Å². The molecule has 2 nitrogen and oxygen atoms in total. The highest BCUT2D eigenvalue weighted by Gasteiger charge is 1.94. The Morgan fingerprint density at radius 3 is 2.38 bits per heavy atom. The van der Waals surface area contributed by atoms with E-state index < -0.39 is 5.97 Å². The van der Waals surface area contributed by atoms with Gasteiger partial charge >= 0.3 is 5.97 Å². The van der Waals surface area contributed by atoms with E-state index in [0.29, 0.717) is 12.5 Å². The molecule has 0 spiro atoms. The number of rotatable bonds is 2. The van der Waals surface area contributed by atoms with Gasteiger partial charge in [0.15, 0.2) is 0 Å². The van der Waals surface area contributed by atoms with Crippen LogP contribution >= 0.6 is 0 Å². The normalized spacial score (nSPS) is 9.50. The smallest absolute Gasteiger partial charge is 0.306 e. The summed E-state index contributed by atoms with van der Waals surface area (Å²) < 4.78 is 4.55. The van der Waals surface area contributed by atoms with Crippen molar-refractivity contribution in [2.45, 2.75) is 13.8 Å². The molecular weight excluding hydrogens is 104 g/mol. The lowest BCUT2D eigenvalue weighted by molar-refractivity contribution is -0.139. The van der Waals surface area contributed by atoms with E-state index in [1.54, 1.807) is 0 Å². The molecule has 8 heavy (non-hydrogen) atoms. The summed E-state index contributed by atoms with van der Waals surface area (Å²) >= 11 is 0. The SMILES string of the molecule is [CH2]C(=O)OCC(C)C. The standard InChI is InChI=1S/C6H11O2/c1-5(2)4-8-6(3)7/h5H,3-4H2,1-2H3. The molecular formula is C6H11O2. The van der Waals surface area contributed by atoms with Crippen LogP contribution in [0.1, 0.15) is 13.8 Å². The first-order chi connectivity index (χ1) is 3.63. The fourth-order valence-electron chi connectivity index (χ4n) is 0.260. The molecule has 0 fully saturated rings. The Kier molecular flexibility index (Phi) is 3.24. The third-order valence-electron chi connectivity index (χ3n) is 0.578. The quantitative estimate of drug-likeness (QED) is 0.502. The van der Waals surface area contributed by atoms with Gasteiger partial charge in [-0.2, -0.15) is 0 Å². The fraction of sp³-hybridized carbons (Fsp3) is 0.667. The molecule has 0 atom stereocenters. The van der Waals surface area contributed by atoms with Gasteiger partial charge in [-0.25, -0.2) is 0 Å². The molecule has 0 N–H and O–H groups in total. The number of ether oxygens (including phenoxy) is 1. The zero-order chi connectivity index (χ0) is 6.57. The maximum Gasteiger partial charge on any atom is 0.306 e. The van der Waals surface area contributed by atoms with Crippen LogP contribution in [0.2, 0.25) is 0 Å². The van der Waals surface area contributed by atoms with E-state index in [1.165, 1.54) is 0 Å². The minimum atomic E-state index is -0.446. The van der Waals surface area contributed by atoms with Gasteiger partial charge in [0.05, 0.1) is 13.5 Å². The Bertz CT molecular complexity index is 76.6. The summed E-state index contributed by atoms with van der Waals surface area (Å²) in [6.07, 6.45) is 0. The molecule has 0 aromatic rings. The summed E-state index contributed by atoms with van der Waals surface area (Å²) in [7, 11) is 0. The summed E-state index contributed by atoms with van der Waals surface area (Å²) in [5.41, 5.74) is 0. The van der Waals surface area contributed by atoms with Crippen molar-refractivity contribution >= 4 is 5.97 Å². The van der Waals surface area contributed by atoms with Crippen molar-refractivity contribution in [2.75, 3.05) is 6.61 Å². The van der Waals surface area contributed by atoms with Crippen LogP contribution in [-0.4, -0.2) is 12.6 Å². The average molecular weight is 115 g/mol. The molecule has 0 aliphatic carbocycles. The highest BCUT2D eigenvalue weighted by molar-refractivity contribution is 5.73. The maximum atomic E-state index is 10.0. The predicted octanol–water partition coefficient (Wildman–Crippen LogP) is 1.02. The van der Waals surface area contributed by atoms with E-state index in [9.17, 15) is 4.79 Å². The van der Waals surface area contributed by atoms with Crippen LogP contribution in [0.4, 0.5) is 0 Å². The molecule has 0 saturated carbocycles. The van der Waals surface area contributed by atoms with Gasteiger partial charge in [-0.15, -0.1) is 0 Å². The average Bonchev–Trinajstić information content (AvgIpc) is 1.61. The lowest BCUT2D eigenvalue weighted by Gasteiger charge is -2.02. The van der Waals surface area contributed by atoms with E-state index in [2.05, 4.69) is 11.7 Å². The first-order valence-electron chi connectivity index (χ1n) is 2.61. The minimum Gasteiger partial charge on any atom is -0.465 e. The summed E-state index contributed by atoms with van der Waals surface area (Å²) in [6.45, 7) is 7.47. The molecule has 2 heteroatoms. The van der Waals surface area contributed by atoms with Gasteiger partial charge in [0, 0.05) is 0 Å². The van der Waals surface area contributed by atoms with Crippen LogP contribution in [0.25, 0.3) is 0 Å². The molecule has 47 valence electrons. The molecule has 0 unspecified atom stereocenters. The lowest BCUT2D eigenvalue weighted by atomic mass is 10.2. The molecule has 1 radical (unpaired) electrons. The van der Waals surface area contributed by atoms with Crippen LogP contribution in [0.15, 0.2) is 0 Å². The molecule has 0 aromatic heterocycles. The summed E-state index contributed by atoms with van der Waals surface area (Å²) in [5.74, 6) is -0.0422. The molecule has 0 bridgehead atoms. The number of carbonyl (C=O) groups excluding carboxylic acids is 1. The Balaban J connectivity index is 3.05. The summed E-state index contributed by atoms with van der Waals surface area (Å²) in [5, 5.41) is 0. The van der Waals surface area contributed by atoms with Crippen molar-refractivity contribution in [3.8, 4) is 0 Å². The second-order valence-corrected chi connectivity index (χ2v) is 2.08. The van der Waals surface area contributed by atoms with Crippen LogP contribution in [0.3, 0.4) is 0 Å². The second-order valence-electron chi connectivity index (χ2n) is 2.08. The monoisotopic (exact) mass is 115 g/mol. The Hall–Kier alpha value is -0.530. The van der Waals surface area contributed by atoms with Gasteiger partial charge in [0.1, 0.15) is 0 Å². The van der Waals surface area contributed by atoms with Gasteiger partial charge in [0.2, 0.25) is 0 Å². The molecule has 0 amide bonds. The maximum absolute atomic E-state index is 10.0. The summed E-state index contributed by atoms with van der Waals surface area (Å²) in [6, 6.07) is 0. The number of hydrogen-bond acceptors (Lipinski definition) is 2. The molecule has 0 rings (SSSR count). The van der Waals surface area contributed by atoms with E-state index >= 15 is 0 Å². The lowest BCUT2D eigenvalue weighted by Crippen LogP contribution is -2.05. The molecule has 0 saturated heterocycles. The van der Waals surface area contributed by atoms with Crippen molar-refractivity contribution in [1.29, 1.82) is 0 Å². The highest BCUT2D eigenvalue weighted by Crippen LogP contribution is 1.91. The molecule has 0 aliphatic heterocycles. The van der Waals surface area contributed by atoms with E-state index in [0.717, 1.165) is 0 Å². The topological polar surface area (TPSA) is 26.3 Å². The van der Waals surface area contributed by atoms with Gasteiger partial charge in [-0.1, -0.05) is 13.8 Å². The zero-order valence-corrected chi connectivity index (χ0v) is 5.31. The van der Waals surface area contributed by atoms with Crippen LogP contribution in [0, 0.1) is 12.8 Å². The number of esters is 1. The van der Waals surface area contributed by atoms with Crippen molar-refractivity contribution in [3.05, 3.63) is 6.92 Å². The van der Waals surface area contributed by atoms with Gasteiger partial charge < -0.3 is 4.74 Å². The Morgan fingerprint density at radius 1 is 1.75 bits per heavy atom. The molecule has 0 heterocycles. The first-order valence-corrected chi connectivity index (χ1v) is 2.61. The van der Waals surface area contributed by atoms with Crippen LogP contribution in [0.5, 0.6) is 0 Å². The van der Waals surface area contributed by atoms with Crippen LogP contribution < -0.4 is 0 Å². The number of carbonyl (C=O) groups is 1. The van der Waals surface area contributed by atoms with Gasteiger partial charge in [0.25, 0.3) is 0 Å². The largest absolute Gasteiger partial charge is 0.465 e. The van der Waals surface area contributed by atoms with Crippen LogP contribution in [-0.2, 0) is 9.53 Å². The molecule has 0 aliphatic rings.